The standard InChI is InChI=1S/C19H24F3N5O2/c1-13(2)17-24-16(29-25-17)6-7-23-18(28)27-10-8-26(9-11-27)15-5-3-4-14(12-15)19(20,21)22/h3-5,12-13H,6-11H2,1-2H3,(H,23,28). The van der Waals surface area contributed by atoms with E-state index in [2.05, 4.69) is 15.5 Å². The van der Waals surface area contributed by atoms with Crippen LogP contribution in [0.3, 0.4) is 0 Å². The Labute approximate surface area is 166 Å². The fourth-order valence-electron chi connectivity index (χ4n) is 3.04. The van der Waals surface area contributed by atoms with E-state index < -0.39 is 11.7 Å². The van der Waals surface area contributed by atoms with Gasteiger partial charge in [-0.2, -0.15) is 18.2 Å². The molecule has 0 atom stereocenters. The van der Waals surface area contributed by atoms with Crippen LogP contribution in [-0.4, -0.2) is 53.8 Å². The Kier molecular flexibility index (Phi) is 6.29. The van der Waals surface area contributed by atoms with Crippen molar-refractivity contribution in [3.8, 4) is 0 Å². The van der Waals surface area contributed by atoms with E-state index in [1.807, 2.05) is 18.7 Å². The minimum atomic E-state index is -4.37. The molecule has 1 aromatic carbocycles. The molecular formula is C19H24F3N5O2. The summed E-state index contributed by atoms with van der Waals surface area (Å²) < 4.78 is 43.8. The third-order valence-electron chi connectivity index (χ3n) is 4.72. The molecular weight excluding hydrogens is 387 g/mol. The lowest BCUT2D eigenvalue weighted by atomic mass is 10.1. The number of amides is 2. The number of hydrogen-bond acceptors (Lipinski definition) is 5. The second-order valence-electron chi connectivity index (χ2n) is 7.21. The SMILES string of the molecule is CC(C)c1noc(CCNC(=O)N2CCN(c3cccc(C(F)(F)F)c3)CC2)n1. The molecule has 3 rings (SSSR count). The van der Waals surface area contributed by atoms with Crippen molar-refractivity contribution in [3.63, 3.8) is 0 Å². The molecule has 10 heteroatoms. The highest BCUT2D eigenvalue weighted by Gasteiger charge is 2.31. The summed E-state index contributed by atoms with van der Waals surface area (Å²) in [5.74, 6) is 1.29. The molecule has 0 bridgehead atoms. The van der Waals surface area contributed by atoms with Crippen LogP contribution in [0.4, 0.5) is 23.7 Å². The van der Waals surface area contributed by atoms with Gasteiger partial charge < -0.3 is 19.6 Å². The molecule has 0 radical (unpaired) electrons. The lowest BCUT2D eigenvalue weighted by Gasteiger charge is -2.36. The van der Waals surface area contributed by atoms with Gasteiger partial charge in [0.2, 0.25) is 5.89 Å². The Morgan fingerprint density at radius 2 is 1.97 bits per heavy atom. The van der Waals surface area contributed by atoms with Crippen LogP contribution in [0.1, 0.15) is 37.0 Å². The molecule has 7 nitrogen and oxygen atoms in total. The zero-order valence-electron chi connectivity index (χ0n) is 16.4. The van der Waals surface area contributed by atoms with Crippen molar-refractivity contribution in [3.05, 3.63) is 41.5 Å². The molecule has 1 aliphatic rings. The molecule has 1 N–H and O–H groups in total. The van der Waals surface area contributed by atoms with Gasteiger partial charge in [0.05, 0.1) is 5.56 Å². The second kappa shape index (κ2) is 8.71. The Balaban J connectivity index is 1.46. The molecule has 0 spiro atoms. The van der Waals surface area contributed by atoms with Gasteiger partial charge in [-0.15, -0.1) is 0 Å². The number of piperazine rings is 1. The molecule has 2 amide bonds. The smallest absolute Gasteiger partial charge is 0.368 e. The maximum Gasteiger partial charge on any atom is 0.416 e. The van der Waals surface area contributed by atoms with Gasteiger partial charge >= 0.3 is 12.2 Å². The van der Waals surface area contributed by atoms with Gasteiger partial charge in [-0.25, -0.2) is 4.79 Å². The summed E-state index contributed by atoms with van der Waals surface area (Å²) in [6.07, 6.45) is -3.93. The number of urea groups is 1. The molecule has 0 aliphatic carbocycles. The predicted molar refractivity (Wildman–Crippen MR) is 101 cm³/mol. The van der Waals surface area contributed by atoms with Crippen molar-refractivity contribution in [2.75, 3.05) is 37.6 Å². The van der Waals surface area contributed by atoms with Crippen molar-refractivity contribution in [1.82, 2.24) is 20.4 Å². The molecule has 29 heavy (non-hydrogen) atoms. The van der Waals surface area contributed by atoms with Gasteiger partial charge in [0.25, 0.3) is 0 Å². The normalized spacial score (nSPS) is 15.1. The van der Waals surface area contributed by atoms with E-state index in [4.69, 9.17) is 4.52 Å². The van der Waals surface area contributed by atoms with Gasteiger partial charge in [0, 0.05) is 50.7 Å². The van der Waals surface area contributed by atoms with Crippen LogP contribution in [0.5, 0.6) is 0 Å². The van der Waals surface area contributed by atoms with Crippen LogP contribution >= 0.6 is 0 Å². The lowest BCUT2D eigenvalue weighted by Crippen LogP contribution is -2.52. The Bertz CT molecular complexity index is 829. The van der Waals surface area contributed by atoms with Crippen molar-refractivity contribution in [2.45, 2.75) is 32.4 Å². The van der Waals surface area contributed by atoms with Crippen molar-refractivity contribution in [2.24, 2.45) is 0 Å². The summed E-state index contributed by atoms with van der Waals surface area (Å²) in [5, 5.41) is 6.69. The van der Waals surface area contributed by atoms with Crippen molar-refractivity contribution in [1.29, 1.82) is 0 Å². The van der Waals surface area contributed by atoms with Gasteiger partial charge in [-0.3, -0.25) is 0 Å². The van der Waals surface area contributed by atoms with E-state index in [0.717, 1.165) is 12.1 Å². The van der Waals surface area contributed by atoms with E-state index in [1.54, 1.807) is 11.0 Å². The highest BCUT2D eigenvalue weighted by molar-refractivity contribution is 5.74. The minimum Gasteiger partial charge on any atom is -0.368 e. The third kappa shape index (κ3) is 5.39. The summed E-state index contributed by atoms with van der Waals surface area (Å²) in [6.45, 7) is 6.10. The summed E-state index contributed by atoms with van der Waals surface area (Å²) in [6, 6.07) is 5.05. The van der Waals surface area contributed by atoms with Crippen LogP contribution in [0.2, 0.25) is 0 Å². The van der Waals surface area contributed by atoms with E-state index in [-0.39, 0.29) is 11.9 Å². The Morgan fingerprint density at radius 1 is 1.24 bits per heavy atom. The molecule has 2 heterocycles. The van der Waals surface area contributed by atoms with Crippen LogP contribution < -0.4 is 10.2 Å². The number of rotatable bonds is 5. The molecule has 0 saturated carbocycles. The van der Waals surface area contributed by atoms with E-state index in [0.29, 0.717) is 56.5 Å². The van der Waals surface area contributed by atoms with Gasteiger partial charge in [-0.05, 0) is 18.2 Å². The first-order valence-electron chi connectivity index (χ1n) is 9.51. The van der Waals surface area contributed by atoms with E-state index in [9.17, 15) is 18.0 Å². The predicted octanol–water partition coefficient (Wildman–Crippen LogP) is 3.29. The highest BCUT2D eigenvalue weighted by atomic mass is 19.4. The van der Waals surface area contributed by atoms with E-state index >= 15 is 0 Å². The maximum absolute atomic E-state index is 12.9. The number of anilines is 1. The minimum absolute atomic E-state index is 0.176. The summed E-state index contributed by atoms with van der Waals surface area (Å²) in [4.78, 5) is 20.1. The van der Waals surface area contributed by atoms with Crippen LogP contribution in [0, 0.1) is 0 Å². The summed E-state index contributed by atoms with van der Waals surface area (Å²) in [7, 11) is 0. The first kappa shape index (κ1) is 20.9. The Morgan fingerprint density at radius 3 is 2.59 bits per heavy atom. The quantitative estimate of drug-likeness (QED) is 0.817. The second-order valence-corrected chi connectivity index (χ2v) is 7.21. The molecule has 2 aromatic rings. The van der Waals surface area contributed by atoms with Crippen LogP contribution in [-0.2, 0) is 12.6 Å². The number of nitrogens with zero attached hydrogens (tertiary/aromatic N) is 4. The molecule has 1 aliphatic heterocycles. The number of alkyl halides is 3. The number of nitrogens with one attached hydrogen (secondary N) is 1. The number of carbonyl (C=O) groups excluding carboxylic acids is 1. The van der Waals surface area contributed by atoms with Crippen LogP contribution in [0.25, 0.3) is 0 Å². The summed E-state index contributed by atoms with van der Waals surface area (Å²) >= 11 is 0. The van der Waals surface area contributed by atoms with Gasteiger partial charge in [0.15, 0.2) is 5.82 Å². The van der Waals surface area contributed by atoms with Gasteiger partial charge in [-0.1, -0.05) is 25.1 Å². The lowest BCUT2D eigenvalue weighted by molar-refractivity contribution is -0.137. The average Bonchev–Trinajstić information content (AvgIpc) is 3.17. The first-order chi connectivity index (χ1) is 13.7. The van der Waals surface area contributed by atoms with E-state index in [1.165, 1.54) is 6.07 Å². The number of benzene rings is 1. The topological polar surface area (TPSA) is 74.5 Å². The molecule has 1 saturated heterocycles. The third-order valence-corrected chi connectivity index (χ3v) is 4.72. The number of carbonyl (C=O) groups is 1. The zero-order chi connectivity index (χ0) is 21.0. The molecule has 158 valence electrons. The first-order valence-corrected chi connectivity index (χ1v) is 9.51. The largest absolute Gasteiger partial charge is 0.416 e. The monoisotopic (exact) mass is 411 g/mol. The summed E-state index contributed by atoms with van der Waals surface area (Å²) in [5.41, 5.74) is -0.158. The molecule has 1 aromatic heterocycles. The fourth-order valence-corrected chi connectivity index (χ4v) is 3.04. The molecule has 1 fully saturated rings. The number of halogens is 3. The maximum atomic E-state index is 12.9. The zero-order valence-corrected chi connectivity index (χ0v) is 16.4. The van der Waals surface area contributed by atoms with Crippen LogP contribution in [0.15, 0.2) is 28.8 Å². The molecule has 0 unspecified atom stereocenters. The van der Waals surface area contributed by atoms with Crippen molar-refractivity contribution < 1.29 is 22.5 Å². The average molecular weight is 411 g/mol. The fraction of sp³-hybridized carbons (Fsp3) is 0.526. The van der Waals surface area contributed by atoms with Crippen molar-refractivity contribution >= 4 is 11.7 Å². The number of aromatic nitrogens is 2. The Hall–Kier alpha value is -2.78. The highest BCUT2D eigenvalue weighted by Crippen LogP contribution is 2.31. The number of hydrogen-bond donors (Lipinski definition) is 1. The van der Waals surface area contributed by atoms with Gasteiger partial charge in [0.1, 0.15) is 0 Å².